The third-order valence-corrected chi connectivity index (χ3v) is 2.97. The Labute approximate surface area is 104 Å². The van der Waals surface area contributed by atoms with Crippen molar-refractivity contribution in [3.05, 3.63) is 40.5 Å². The van der Waals surface area contributed by atoms with Gasteiger partial charge in [-0.2, -0.15) is 0 Å². The highest BCUT2D eigenvalue weighted by Crippen LogP contribution is 2.22. The minimum absolute atomic E-state index is 0.0278. The summed E-state index contributed by atoms with van der Waals surface area (Å²) in [7, 11) is 0. The number of rotatable bonds is 3. The van der Waals surface area contributed by atoms with E-state index in [-0.39, 0.29) is 6.42 Å². The van der Waals surface area contributed by atoms with Gasteiger partial charge in [0.1, 0.15) is 5.15 Å². The van der Waals surface area contributed by atoms with Gasteiger partial charge in [0, 0.05) is 5.39 Å². The van der Waals surface area contributed by atoms with Crippen molar-refractivity contribution in [3.63, 3.8) is 0 Å². The number of hydrogen-bond donors (Lipinski definition) is 1. The highest BCUT2D eigenvalue weighted by atomic mass is 35.5. The molecule has 1 N–H and O–H groups in total. The first-order chi connectivity index (χ1) is 8.10. The number of benzene rings is 1. The van der Waals surface area contributed by atoms with E-state index in [1.807, 2.05) is 19.1 Å². The number of aromatic nitrogens is 1. The molecule has 1 heterocycles. The van der Waals surface area contributed by atoms with E-state index in [9.17, 15) is 4.79 Å². The third-order valence-electron chi connectivity index (χ3n) is 2.64. The maximum Gasteiger partial charge on any atom is 0.307 e. The van der Waals surface area contributed by atoms with Crippen LogP contribution in [0.2, 0.25) is 5.15 Å². The number of carbonyl (C=O) groups is 1. The lowest BCUT2D eigenvalue weighted by atomic mass is 10.1. The Morgan fingerprint density at radius 3 is 2.82 bits per heavy atom. The summed E-state index contributed by atoms with van der Waals surface area (Å²) in [5.41, 5.74) is 2.55. The van der Waals surface area contributed by atoms with Crippen molar-refractivity contribution in [1.29, 1.82) is 0 Å². The van der Waals surface area contributed by atoms with E-state index >= 15 is 0 Å². The van der Waals surface area contributed by atoms with Crippen molar-refractivity contribution in [1.82, 2.24) is 4.98 Å². The highest BCUT2D eigenvalue weighted by Gasteiger charge is 2.06. The maximum atomic E-state index is 10.6. The van der Waals surface area contributed by atoms with Crippen LogP contribution in [-0.2, 0) is 17.6 Å². The van der Waals surface area contributed by atoms with Gasteiger partial charge in [0.2, 0.25) is 0 Å². The standard InChI is InChI=1S/C13H12ClNO2/c1-2-9-7-10-5-8(6-12(16)17)3-4-11(10)15-13(9)14/h3-5,7H,2,6H2,1H3,(H,16,17). The molecule has 0 radical (unpaired) electrons. The molecule has 17 heavy (non-hydrogen) atoms. The second-order valence-electron chi connectivity index (χ2n) is 3.89. The number of aryl methyl sites for hydroxylation is 1. The number of fused-ring (bicyclic) bond motifs is 1. The molecule has 0 atom stereocenters. The van der Waals surface area contributed by atoms with Gasteiger partial charge in [-0.05, 0) is 35.7 Å². The van der Waals surface area contributed by atoms with Crippen LogP contribution in [0.15, 0.2) is 24.3 Å². The molecule has 0 aliphatic heterocycles. The zero-order chi connectivity index (χ0) is 12.4. The van der Waals surface area contributed by atoms with E-state index in [2.05, 4.69) is 4.98 Å². The summed E-state index contributed by atoms with van der Waals surface area (Å²) in [5.74, 6) is -0.831. The maximum absolute atomic E-state index is 10.6. The number of carboxylic acids is 1. The first-order valence-corrected chi connectivity index (χ1v) is 5.78. The molecule has 0 bridgehead atoms. The summed E-state index contributed by atoms with van der Waals surface area (Å²) < 4.78 is 0. The molecular weight excluding hydrogens is 238 g/mol. The van der Waals surface area contributed by atoms with Gasteiger partial charge in [0.05, 0.1) is 11.9 Å². The molecule has 0 fully saturated rings. The zero-order valence-corrected chi connectivity index (χ0v) is 10.2. The molecule has 2 rings (SSSR count). The molecule has 2 aromatic rings. The van der Waals surface area contributed by atoms with Crippen LogP contribution in [0.4, 0.5) is 0 Å². The fourth-order valence-electron chi connectivity index (χ4n) is 1.78. The van der Waals surface area contributed by atoms with Crippen LogP contribution >= 0.6 is 11.6 Å². The molecular formula is C13H12ClNO2. The average Bonchev–Trinajstić information content (AvgIpc) is 2.28. The molecule has 0 unspecified atom stereocenters. The minimum atomic E-state index is -0.831. The number of aliphatic carboxylic acids is 1. The summed E-state index contributed by atoms with van der Waals surface area (Å²) in [6.45, 7) is 2.01. The van der Waals surface area contributed by atoms with Crippen LogP contribution in [0.25, 0.3) is 10.9 Å². The van der Waals surface area contributed by atoms with Crippen molar-refractivity contribution in [2.75, 3.05) is 0 Å². The molecule has 88 valence electrons. The normalized spacial score (nSPS) is 10.7. The van der Waals surface area contributed by atoms with Gasteiger partial charge in [-0.3, -0.25) is 4.79 Å². The van der Waals surface area contributed by atoms with E-state index in [0.717, 1.165) is 28.5 Å². The Balaban J connectivity index is 2.52. The molecule has 0 aliphatic rings. The number of nitrogens with zero attached hydrogens (tertiary/aromatic N) is 1. The predicted octanol–water partition coefficient (Wildman–Crippen LogP) is 3.08. The van der Waals surface area contributed by atoms with Gasteiger partial charge in [-0.1, -0.05) is 24.6 Å². The quantitative estimate of drug-likeness (QED) is 0.851. The Bertz CT molecular complexity index is 581. The van der Waals surface area contributed by atoms with E-state index in [1.54, 1.807) is 12.1 Å². The smallest absolute Gasteiger partial charge is 0.307 e. The molecule has 0 saturated heterocycles. The fourth-order valence-corrected chi connectivity index (χ4v) is 2.06. The summed E-state index contributed by atoms with van der Waals surface area (Å²) in [5, 5.41) is 10.2. The largest absolute Gasteiger partial charge is 0.481 e. The Morgan fingerprint density at radius 2 is 2.18 bits per heavy atom. The average molecular weight is 250 g/mol. The number of pyridine rings is 1. The van der Waals surface area contributed by atoms with Gasteiger partial charge in [-0.25, -0.2) is 4.98 Å². The van der Waals surface area contributed by atoms with Gasteiger partial charge < -0.3 is 5.11 Å². The van der Waals surface area contributed by atoms with Gasteiger partial charge in [0.15, 0.2) is 0 Å². The highest BCUT2D eigenvalue weighted by molar-refractivity contribution is 6.30. The van der Waals surface area contributed by atoms with Crippen LogP contribution in [0.3, 0.4) is 0 Å². The fraction of sp³-hybridized carbons (Fsp3) is 0.231. The molecule has 1 aromatic carbocycles. The molecule has 0 aliphatic carbocycles. The van der Waals surface area contributed by atoms with E-state index < -0.39 is 5.97 Å². The Kier molecular flexibility index (Phi) is 3.29. The van der Waals surface area contributed by atoms with Crippen molar-refractivity contribution >= 4 is 28.5 Å². The van der Waals surface area contributed by atoms with Crippen LogP contribution < -0.4 is 0 Å². The summed E-state index contributed by atoms with van der Waals surface area (Å²) in [4.78, 5) is 14.9. The van der Waals surface area contributed by atoms with Gasteiger partial charge in [-0.15, -0.1) is 0 Å². The summed E-state index contributed by atoms with van der Waals surface area (Å²) >= 11 is 6.02. The lowest BCUT2D eigenvalue weighted by Crippen LogP contribution is -2.00. The van der Waals surface area contributed by atoms with Crippen molar-refractivity contribution in [2.24, 2.45) is 0 Å². The Hall–Kier alpha value is -1.61. The lowest BCUT2D eigenvalue weighted by molar-refractivity contribution is -0.136. The van der Waals surface area contributed by atoms with Gasteiger partial charge in [0.25, 0.3) is 0 Å². The Morgan fingerprint density at radius 1 is 1.41 bits per heavy atom. The van der Waals surface area contributed by atoms with Crippen molar-refractivity contribution < 1.29 is 9.90 Å². The molecule has 0 saturated carbocycles. The zero-order valence-electron chi connectivity index (χ0n) is 9.40. The number of hydrogen-bond acceptors (Lipinski definition) is 2. The molecule has 3 nitrogen and oxygen atoms in total. The molecule has 0 spiro atoms. The lowest BCUT2D eigenvalue weighted by Gasteiger charge is -2.05. The molecule has 1 aromatic heterocycles. The first-order valence-electron chi connectivity index (χ1n) is 5.40. The van der Waals surface area contributed by atoms with Crippen LogP contribution in [0.1, 0.15) is 18.1 Å². The minimum Gasteiger partial charge on any atom is -0.481 e. The summed E-state index contributed by atoms with van der Waals surface area (Å²) in [6.07, 6.45) is 0.838. The van der Waals surface area contributed by atoms with Crippen LogP contribution in [0.5, 0.6) is 0 Å². The number of halogens is 1. The molecule has 4 heteroatoms. The second-order valence-corrected chi connectivity index (χ2v) is 4.25. The van der Waals surface area contributed by atoms with E-state index in [4.69, 9.17) is 16.7 Å². The second kappa shape index (κ2) is 4.72. The first kappa shape index (κ1) is 11.9. The third kappa shape index (κ3) is 2.56. The topological polar surface area (TPSA) is 50.2 Å². The van der Waals surface area contributed by atoms with Crippen LogP contribution in [0, 0.1) is 0 Å². The summed E-state index contributed by atoms with van der Waals surface area (Å²) in [6, 6.07) is 7.40. The van der Waals surface area contributed by atoms with Crippen molar-refractivity contribution in [2.45, 2.75) is 19.8 Å². The van der Waals surface area contributed by atoms with E-state index in [0.29, 0.717) is 5.15 Å². The van der Waals surface area contributed by atoms with Gasteiger partial charge >= 0.3 is 5.97 Å². The SMILES string of the molecule is CCc1cc2cc(CC(=O)O)ccc2nc1Cl. The van der Waals surface area contributed by atoms with Crippen molar-refractivity contribution in [3.8, 4) is 0 Å². The number of carboxylic acid groups (broad SMARTS) is 1. The van der Waals surface area contributed by atoms with E-state index in [1.165, 1.54) is 0 Å². The monoisotopic (exact) mass is 249 g/mol. The predicted molar refractivity (Wildman–Crippen MR) is 67.5 cm³/mol. The van der Waals surface area contributed by atoms with Crippen LogP contribution in [-0.4, -0.2) is 16.1 Å². The molecule has 0 amide bonds.